The van der Waals surface area contributed by atoms with Gasteiger partial charge >= 0.3 is 6.01 Å². The van der Waals surface area contributed by atoms with E-state index in [1.165, 1.54) is 5.56 Å². The first kappa shape index (κ1) is 21.8. The molecule has 0 saturated carbocycles. The van der Waals surface area contributed by atoms with Gasteiger partial charge in [-0.15, -0.1) is 5.10 Å². The van der Waals surface area contributed by atoms with Crippen LogP contribution < -0.4 is 10.1 Å². The second-order valence-electron chi connectivity index (χ2n) is 7.71. The summed E-state index contributed by atoms with van der Waals surface area (Å²) in [5.74, 6) is 1.17. The maximum atomic E-state index is 10.0. The van der Waals surface area contributed by atoms with E-state index >= 15 is 0 Å². The Hall–Kier alpha value is -2.90. The first-order chi connectivity index (χ1) is 14.5. The number of anilines is 1. The molecule has 1 unspecified atom stereocenters. The van der Waals surface area contributed by atoms with Gasteiger partial charge in [-0.25, -0.2) is 4.68 Å². The molecule has 0 spiro atoms. The predicted molar refractivity (Wildman–Crippen MR) is 118 cm³/mol. The minimum Gasteiger partial charge on any atom is -0.466 e. The van der Waals surface area contributed by atoms with Gasteiger partial charge in [0.15, 0.2) is 5.82 Å². The molecule has 0 radical (unpaired) electrons. The number of nitrogens with zero attached hydrogens (tertiary/aromatic N) is 3. The van der Waals surface area contributed by atoms with Crippen LogP contribution in [0.3, 0.4) is 0 Å². The maximum Gasteiger partial charge on any atom is 0.336 e. The zero-order chi connectivity index (χ0) is 21.5. The molecule has 1 atom stereocenters. The third kappa shape index (κ3) is 5.81. The van der Waals surface area contributed by atoms with Crippen LogP contribution in [-0.4, -0.2) is 52.8 Å². The summed E-state index contributed by atoms with van der Waals surface area (Å²) in [5.41, 5.74) is 3.92. The van der Waals surface area contributed by atoms with Crippen molar-refractivity contribution >= 4 is 5.69 Å². The molecule has 0 aliphatic heterocycles. The molecule has 2 aromatic carbocycles. The predicted octanol–water partition coefficient (Wildman–Crippen LogP) is 3.70. The van der Waals surface area contributed by atoms with E-state index in [1.807, 2.05) is 55.5 Å². The van der Waals surface area contributed by atoms with Gasteiger partial charge in [0.25, 0.3) is 0 Å². The number of hydrogen-bond donors (Lipinski definition) is 2. The van der Waals surface area contributed by atoms with Crippen LogP contribution in [0.25, 0.3) is 17.1 Å². The maximum absolute atomic E-state index is 10.0. The Labute approximate surface area is 177 Å². The third-order valence-electron chi connectivity index (χ3n) is 4.50. The number of nitrogens with one attached hydrogen (secondary N) is 1. The Kier molecular flexibility index (Phi) is 7.43. The molecule has 0 amide bonds. The number of benzene rings is 2. The van der Waals surface area contributed by atoms with Gasteiger partial charge in [-0.3, -0.25) is 0 Å². The summed E-state index contributed by atoms with van der Waals surface area (Å²) < 4.78 is 12.5. The average molecular weight is 411 g/mol. The molecule has 0 fully saturated rings. The highest BCUT2D eigenvalue weighted by atomic mass is 16.5. The zero-order valence-corrected chi connectivity index (χ0v) is 18.0. The van der Waals surface area contributed by atoms with Gasteiger partial charge in [0.05, 0.1) is 25.5 Å². The highest BCUT2D eigenvalue weighted by molar-refractivity contribution is 5.60. The van der Waals surface area contributed by atoms with Gasteiger partial charge in [-0.05, 0) is 37.1 Å². The lowest BCUT2D eigenvalue weighted by Crippen LogP contribution is -2.25. The summed E-state index contributed by atoms with van der Waals surface area (Å²) >= 11 is 0. The quantitative estimate of drug-likeness (QED) is 0.530. The number of hydrogen-bond acceptors (Lipinski definition) is 6. The van der Waals surface area contributed by atoms with E-state index in [-0.39, 0.29) is 0 Å². The molecule has 1 heterocycles. The second-order valence-corrected chi connectivity index (χ2v) is 7.71. The van der Waals surface area contributed by atoms with Crippen molar-refractivity contribution in [2.24, 2.45) is 5.92 Å². The molecule has 0 aliphatic carbocycles. The average Bonchev–Trinajstić information content (AvgIpc) is 3.17. The summed E-state index contributed by atoms with van der Waals surface area (Å²) in [7, 11) is 1.56. The summed E-state index contributed by atoms with van der Waals surface area (Å²) in [6.45, 7) is 7.61. The van der Waals surface area contributed by atoms with Gasteiger partial charge in [-0.1, -0.05) is 43.7 Å². The molecule has 3 aromatic rings. The molecule has 2 N–H and O–H groups in total. The number of aliphatic hydroxyl groups excluding tert-OH is 1. The van der Waals surface area contributed by atoms with Gasteiger partial charge in [0, 0.05) is 24.4 Å². The number of aryl methyl sites for hydroxylation is 1. The van der Waals surface area contributed by atoms with Crippen LogP contribution in [0.1, 0.15) is 19.4 Å². The van der Waals surface area contributed by atoms with Crippen molar-refractivity contribution in [1.82, 2.24) is 14.8 Å². The van der Waals surface area contributed by atoms with E-state index in [4.69, 9.17) is 9.47 Å². The molecular weight excluding hydrogens is 380 g/mol. The van der Waals surface area contributed by atoms with Crippen LogP contribution in [0.2, 0.25) is 0 Å². The fourth-order valence-corrected chi connectivity index (χ4v) is 2.90. The van der Waals surface area contributed by atoms with Crippen molar-refractivity contribution in [3.63, 3.8) is 0 Å². The van der Waals surface area contributed by atoms with E-state index in [9.17, 15) is 5.11 Å². The molecule has 7 heteroatoms. The van der Waals surface area contributed by atoms with Gasteiger partial charge in [-0.2, -0.15) is 4.98 Å². The lowest BCUT2D eigenvalue weighted by atomic mass is 10.1. The summed E-state index contributed by atoms with van der Waals surface area (Å²) in [6.07, 6.45) is -0.559. The largest absolute Gasteiger partial charge is 0.466 e. The van der Waals surface area contributed by atoms with Crippen LogP contribution in [-0.2, 0) is 4.74 Å². The summed E-state index contributed by atoms with van der Waals surface area (Å²) in [6, 6.07) is 16.3. The number of rotatable bonds is 10. The van der Waals surface area contributed by atoms with Crippen LogP contribution in [0.15, 0.2) is 48.5 Å². The normalized spacial score (nSPS) is 12.2. The Bertz CT molecular complexity index is 921. The van der Waals surface area contributed by atoms with Crippen LogP contribution in [0, 0.1) is 12.8 Å². The molecule has 7 nitrogen and oxygen atoms in total. The van der Waals surface area contributed by atoms with Crippen molar-refractivity contribution < 1.29 is 14.6 Å². The number of aromatic nitrogens is 3. The molecule has 160 valence electrons. The Morgan fingerprint density at radius 2 is 1.73 bits per heavy atom. The Balaban J connectivity index is 1.69. The van der Waals surface area contributed by atoms with Crippen molar-refractivity contribution in [2.45, 2.75) is 26.9 Å². The lowest BCUT2D eigenvalue weighted by Gasteiger charge is -2.14. The highest BCUT2D eigenvalue weighted by Crippen LogP contribution is 2.24. The summed E-state index contributed by atoms with van der Waals surface area (Å²) in [5, 5.41) is 17.7. The third-order valence-corrected chi connectivity index (χ3v) is 4.50. The monoisotopic (exact) mass is 410 g/mol. The minimum atomic E-state index is -0.559. The Morgan fingerprint density at radius 3 is 2.37 bits per heavy atom. The smallest absolute Gasteiger partial charge is 0.336 e. The summed E-state index contributed by atoms with van der Waals surface area (Å²) in [4.78, 5) is 4.49. The van der Waals surface area contributed by atoms with Crippen molar-refractivity contribution in [3.8, 4) is 23.1 Å². The molecular formula is C23H30N4O3. The highest BCUT2D eigenvalue weighted by Gasteiger charge is 2.14. The van der Waals surface area contributed by atoms with Gasteiger partial charge < -0.3 is 19.9 Å². The Morgan fingerprint density at radius 1 is 1.03 bits per heavy atom. The fraction of sp³-hybridized carbons (Fsp3) is 0.391. The first-order valence-electron chi connectivity index (χ1n) is 10.1. The van der Waals surface area contributed by atoms with E-state index in [0.29, 0.717) is 37.5 Å². The zero-order valence-electron chi connectivity index (χ0n) is 18.0. The van der Waals surface area contributed by atoms with Crippen LogP contribution in [0.5, 0.6) is 6.01 Å². The van der Waals surface area contributed by atoms with Gasteiger partial charge in [0.2, 0.25) is 0 Å². The van der Waals surface area contributed by atoms with Gasteiger partial charge in [0.1, 0.15) is 0 Å². The lowest BCUT2D eigenvalue weighted by molar-refractivity contribution is 0.0318. The second kappa shape index (κ2) is 10.2. The van der Waals surface area contributed by atoms with Crippen LogP contribution >= 0.6 is 0 Å². The van der Waals surface area contributed by atoms with Crippen molar-refractivity contribution in [1.29, 1.82) is 0 Å². The van der Waals surface area contributed by atoms with E-state index in [1.54, 1.807) is 11.8 Å². The van der Waals surface area contributed by atoms with Crippen molar-refractivity contribution in [2.75, 3.05) is 32.2 Å². The minimum absolute atomic E-state index is 0.317. The molecule has 0 saturated heterocycles. The van der Waals surface area contributed by atoms with E-state index in [0.717, 1.165) is 16.9 Å². The van der Waals surface area contributed by atoms with E-state index in [2.05, 4.69) is 29.2 Å². The first-order valence-corrected chi connectivity index (χ1v) is 10.1. The molecule has 3 rings (SSSR count). The number of ether oxygens (including phenoxy) is 2. The SMILES string of the molecule is COc1nc(-c2ccc(C)cc2)n(-c2ccc(NCC(O)COCC(C)C)cc2)n1. The number of aliphatic hydroxyl groups is 1. The molecule has 1 aromatic heterocycles. The molecule has 0 bridgehead atoms. The molecule has 30 heavy (non-hydrogen) atoms. The van der Waals surface area contributed by atoms with Crippen molar-refractivity contribution in [3.05, 3.63) is 54.1 Å². The number of methoxy groups -OCH3 is 1. The molecule has 0 aliphatic rings. The van der Waals surface area contributed by atoms with Crippen LogP contribution in [0.4, 0.5) is 5.69 Å². The van der Waals surface area contributed by atoms with E-state index < -0.39 is 6.10 Å². The standard InChI is InChI=1S/C23H30N4O3/c1-16(2)14-30-15-21(28)13-24-19-9-11-20(12-10-19)27-22(25-23(26-27)29-4)18-7-5-17(3)6-8-18/h5-12,16,21,24,28H,13-15H2,1-4H3. The fourth-order valence-electron chi connectivity index (χ4n) is 2.90. The topological polar surface area (TPSA) is 81.4 Å².